The molecule has 1 atom stereocenters. The van der Waals surface area contributed by atoms with Crippen LogP contribution in [0.4, 0.5) is 0 Å². The SMILES string of the molecule is CC1=C(C)C(=O)N(CC2CCNC2)C1=O. The fraction of sp³-hybridized carbons (Fsp3) is 0.636. The number of nitrogens with one attached hydrogen (secondary N) is 1. The fourth-order valence-corrected chi connectivity index (χ4v) is 2.11. The highest BCUT2D eigenvalue weighted by atomic mass is 16.2. The van der Waals surface area contributed by atoms with Gasteiger partial charge in [-0.3, -0.25) is 14.5 Å². The Hall–Kier alpha value is -1.16. The van der Waals surface area contributed by atoms with Crippen LogP contribution in [0.15, 0.2) is 11.1 Å². The Balaban J connectivity index is 2.06. The number of nitrogens with zero attached hydrogens (tertiary/aromatic N) is 1. The summed E-state index contributed by atoms with van der Waals surface area (Å²) in [7, 11) is 0. The van der Waals surface area contributed by atoms with Crippen molar-refractivity contribution in [3.63, 3.8) is 0 Å². The molecule has 2 aliphatic heterocycles. The highest BCUT2D eigenvalue weighted by Crippen LogP contribution is 2.22. The number of carbonyl (C=O) groups is 2. The van der Waals surface area contributed by atoms with Crippen molar-refractivity contribution in [2.75, 3.05) is 19.6 Å². The first-order chi connectivity index (χ1) is 7.11. The number of amides is 2. The third kappa shape index (κ3) is 1.69. The van der Waals surface area contributed by atoms with Gasteiger partial charge < -0.3 is 5.32 Å². The molecule has 0 spiro atoms. The van der Waals surface area contributed by atoms with Crippen LogP contribution in [-0.2, 0) is 9.59 Å². The number of hydrogen-bond acceptors (Lipinski definition) is 3. The topological polar surface area (TPSA) is 49.4 Å². The van der Waals surface area contributed by atoms with E-state index in [0.717, 1.165) is 19.5 Å². The Morgan fingerprint density at radius 2 is 1.87 bits per heavy atom. The Morgan fingerprint density at radius 3 is 2.33 bits per heavy atom. The minimum atomic E-state index is -0.107. The molecule has 0 saturated carbocycles. The maximum Gasteiger partial charge on any atom is 0.256 e. The molecule has 0 aromatic carbocycles. The molecule has 2 heterocycles. The highest BCUT2D eigenvalue weighted by molar-refractivity contribution is 6.18. The summed E-state index contributed by atoms with van der Waals surface area (Å²) >= 11 is 0. The lowest BCUT2D eigenvalue weighted by Crippen LogP contribution is -2.36. The molecule has 0 bridgehead atoms. The predicted octanol–water partition coefficient (Wildman–Crippen LogP) is 0.301. The molecule has 15 heavy (non-hydrogen) atoms. The summed E-state index contributed by atoms with van der Waals surface area (Å²) in [5.41, 5.74) is 1.21. The maximum atomic E-state index is 11.7. The first-order valence-electron chi connectivity index (χ1n) is 5.35. The van der Waals surface area contributed by atoms with Crippen molar-refractivity contribution in [3.8, 4) is 0 Å². The van der Waals surface area contributed by atoms with Gasteiger partial charge in [0.2, 0.25) is 0 Å². The minimum Gasteiger partial charge on any atom is -0.316 e. The smallest absolute Gasteiger partial charge is 0.256 e. The van der Waals surface area contributed by atoms with Crippen LogP contribution in [0.1, 0.15) is 20.3 Å². The van der Waals surface area contributed by atoms with Crippen LogP contribution in [0.2, 0.25) is 0 Å². The van der Waals surface area contributed by atoms with Crippen molar-refractivity contribution < 1.29 is 9.59 Å². The quantitative estimate of drug-likeness (QED) is 0.664. The molecule has 4 nitrogen and oxygen atoms in total. The zero-order valence-electron chi connectivity index (χ0n) is 9.17. The molecule has 0 aromatic rings. The van der Waals surface area contributed by atoms with Gasteiger partial charge in [-0.1, -0.05) is 0 Å². The molecular formula is C11H16N2O2. The van der Waals surface area contributed by atoms with Crippen molar-refractivity contribution in [2.45, 2.75) is 20.3 Å². The second-order valence-electron chi connectivity index (χ2n) is 4.33. The lowest BCUT2D eigenvalue weighted by Gasteiger charge is -2.18. The van der Waals surface area contributed by atoms with Gasteiger partial charge in [0.25, 0.3) is 11.8 Å². The van der Waals surface area contributed by atoms with Gasteiger partial charge in [-0.25, -0.2) is 0 Å². The Labute approximate surface area is 89.3 Å². The van der Waals surface area contributed by atoms with E-state index in [-0.39, 0.29) is 11.8 Å². The number of imide groups is 1. The second kappa shape index (κ2) is 3.77. The van der Waals surface area contributed by atoms with Gasteiger partial charge >= 0.3 is 0 Å². The van der Waals surface area contributed by atoms with E-state index in [1.54, 1.807) is 13.8 Å². The molecule has 2 amide bonds. The average molecular weight is 208 g/mol. The van der Waals surface area contributed by atoms with E-state index < -0.39 is 0 Å². The zero-order chi connectivity index (χ0) is 11.0. The lowest BCUT2D eigenvalue weighted by atomic mass is 10.1. The number of hydrogen-bond donors (Lipinski definition) is 1. The molecule has 1 saturated heterocycles. The van der Waals surface area contributed by atoms with Gasteiger partial charge in [0.1, 0.15) is 0 Å². The first kappa shape index (κ1) is 10.4. The Kier molecular flexibility index (Phi) is 2.61. The van der Waals surface area contributed by atoms with Crippen molar-refractivity contribution in [2.24, 2.45) is 5.92 Å². The molecule has 0 aromatic heterocycles. The molecular weight excluding hydrogens is 192 g/mol. The largest absolute Gasteiger partial charge is 0.316 e. The van der Waals surface area contributed by atoms with E-state index in [1.165, 1.54) is 4.90 Å². The normalized spacial score (nSPS) is 27.1. The van der Waals surface area contributed by atoms with Gasteiger partial charge in [0.05, 0.1) is 0 Å². The molecule has 1 fully saturated rings. The lowest BCUT2D eigenvalue weighted by molar-refractivity contribution is -0.138. The van der Waals surface area contributed by atoms with Crippen LogP contribution < -0.4 is 5.32 Å². The van der Waals surface area contributed by atoms with Crippen molar-refractivity contribution in [1.82, 2.24) is 10.2 Å². The third-order valence-corrected chi connectivity index (χ3v) is 3.30. The molecule has 82 valence electrons. The summed E-state index contributed by atoms with van der Waals surface area (Å²) in [5, 5.41) is 3.24. The zero-order valence-corrected chi connectivity index (χ0v) is 9.17. The summed E-state index contributed by atoms with van der Waals surface area (Å²) in [6.07, 6.45) is 1.05. The van der Waals surface area contributed by atoms with Crippen molar-refractivity contribution in [1.29, 1.82) is 0 Å². The highest BCUT2D eigenvalue weighted by Gasteiger charge is 2.34. The second-order valence-corrected chi connectivity index (χ2v) is 4.33. The monoisotopic (exact) mass is 208 g/mol. The summed E-state index contributed by atoms with van der Waals surface area (Å²) in [6.45, 7) is 5.92. The number of carbonyl (C=O) groups excluding carboxylic acids is 2. The van der Waals surface area contributed by atoms with Gasteiger partial charge in [-0.05, 0) is 39.3 Å². The average Bonchev–Trinajstić information content (AvgIpc) is 2.79. The van der Waals surface area contributed by atoms with Crippen LogP contribution in [0, 0.1) is 5.92 Å². The molecule has 0 radical (unpaired) electrons. The van der Waals surface area contributed by atoms with E-state index in [1.807, 2.05) is 0 Å². The van der Waals surface area contributed by atoms with Crippen LogP contribution in [0.25, 0.3) is 0 Å². The van der Waals surface area contributed by atoms with E-state index in [0.29, 0.717) is 23.6 Å². The minimum absolute atomic E-state index is 0.107. The molecule has 4 heteroatoms. The maximum absolute atomic E-state index is 11.7. The molecule has 1 unspecified atom stereocenters. The summed E-state index contributed by atoms with van der Waals surface area (Å²) in [6, 6.07) is 0. The Morgan fingerprint density at radius 1 is 1.27 bits per heavy atom. The van der Waals surface area contributed by atoms with Crippen LogP contribution in [0.3, 0.4) is 0 Å². The van der Waals surface area contributed by atoms with Gasteiger partial charge in [-0.2, -0.15) is 0 Å². The van der Waals surface area contributed by atoms with E-state index in [9.17, 15) is 9.59 Å². The van der Waals surface area contributed by atoms with E-state index in [4.69, 9.17) is 0 Å². The van der Waals surface area contributed by atoms with Gasteiger partial charge in [0.15, 0.2) is 0 Å². The van der Waals surface area contributed by atoms with Gasteiger partial charge in [-0.15, -0.1) is 0 Å². The molecule has 2 aliphatic rings. The number of rotatable bonds is 2. The molecule has 2 rings (SSSR count). The Bertz CT molecular complexity index is 316. The first-order valence-corrected chi connectivity index (χ1v) is 5.35. The van der Waals surface area contributed by atoms with Crippen molar-refractivity contribution in [3.05, 3.63) is 11.1 Å². The van der Waals surface area contributed by atoms with Crippen LogP contribution in [-0.4, -0.2) is 36.3 Å². The molecule has 1 N–H and O–H groups in total. The summed E-state index contributed by atoms with van der Waals surface area (Å²) in [4.78, 5) is 24.9. The van der Waals surface area contributed by atoms with Gasteiger partial charge in [0, 0.05) is 17.7 Å². The van der Waals surface area contributed by atoms with Crippen LogP contribution in [0.5, 0.6) is 0 Å². The standard InChI is InChI=1S/C11H16N2O2/c1-7-8(2)11(15)13(10(7)14)6-9-3-4-12-5-9/h9,12H,3-6H2,1-2H3. The fourth-order valence-electron chi connectivity index (χ4n) is 2.11. The van der Waals surface area contributed by atoms with E-state index in [2.05, 4.69) is 5.32 Å². The third-order valence-electron chi connectivity index (χ3n) is 3.30. The van der Waals surface area contributed by atoms with Crippen molar-refractivity contribution >= 4 is 11.8 Å². The van der Waals surface area contributed by atoms with Crippen LogP contribution >= 0.6 is 0 Å². The summed E-state index contributed by atoms with van der Waals surface area (Å²) < 4.78 is 0. The molecule has 0 aliphatic carbocycles. The summed E-state index contributed by atoms with van der Waals surface area (Å²) in [5.74, 6) is 0.213. The van der Waals surface area contributed by atoms with E-state index >= 15 is 0 Å². The predicted molar refractivity (Wildman–Crippen MR) is 56.1 cm³/mol.